The molecule has 0 aromatic heterocycles. The maximum Gasteiger partial charge on any atom is -0.0300 e. The average molecular weight is 168 g/mol. The van der Waals surface area contributed by atoms with Gasteiger partial charge in [-0.2, -0.15) is 0 Å². The van der Waals surface area contributed by atoms with Crippen molar-refractivity contribution >= 4 is 0 Å². The Morgan fingerprint density at radius 3 is 2.50 bits per heavy atom. The van der Waals surface area contributed by atoms with Gasteiger partial charge in [0.15, 0.2) is 0 Å². The van der Waals surface area contributed by atoms with E-state index in [1.165, 1.54) is 32.1 Å². The monoisotopic (exact) mass is 168 g/mol. The highest BCUT2D eigenvalue weighted by Gasteiger charge is 2.32. The molecule has 0 heteroatoms. The van der Waals surface area contributed by atoms with Gasteiger partial charge in [-0.05, 0) is 23.7 Å². The summed E-state index contributed by atoms with van der Waals surface area (Å²) in [7, 11) is 0. The lowest BCUT2D eigenvalue weighted by atomic mass is 9.71. The maximum atomic E-state index is 2.49. The Hall–Kier alpha value is 0. The first-order valence-corrected chi connectivity index (χ1v) is 5.58. The van der Waals surface area contributed by atoms with E-state index in [-0.39, 0.29) is 0 Å². The van der Waals surface area contributed by atoms with Crippen LogP contribution in [0.5, 0.6) is 0 Å². The topological polar surface area (TPSA) is 0 Å². The molecule has 3 atom stereocenters. The molecule has 0 spiro atoms. The van der Waals surface area contributed by atoms with Crippen LogP contribution in [-0.2, 0) is 0 Å². The molecule has 0 aromatic rings. The van der Waals surface area contributed by atoms with Crippen LogP contribution in [0.4, 0.5) is 0 Å². The predicted molar refractivity (Wildman–Crippen MR) is 55.2 cm³/mol. The van der Waals surface area contributed by atoms with Gasteiger partial charge < -0.3 is 0 Å². The highest BCUT2D eigenvalue weighted by Crippen LogP contribution is 2.43. The van der Waals surface area contributed by atoms with Crippen LogP contribution in [0.1, 0.15) is 59.8 Å². The van der Waals surface area contributed by atoms with Gasteiger partial charge in [-0.3, -0.25) is 0 Å². The van der Waals surface area contributed by atoms with Crippen molar-refractivity contribution in [3.63, 3.8) is 0 Å². The standard InChI is InChI=1S/C12H24/c1-5-12(4)9-10(2)7-6-8-11(12)3/h10-11H,5-9H2,1-4H3. The minimum atomic E-state index is 0.635. The zero-order valence-electron chi connectivity index (χ0n) is 9.19. The molecule has 0 aromatic carbocycles. The molecule has 1 rings (SSSR count). The van der Waals surface area contributed by atoms with Crippen molar-refractivity contribution in [2.24, 2.45) is 17.3 Å². The summed E-state index contributed by atoms with van der Waals surface area (Å²) in [5.41, 5.74) is 0.635. The van der Waals surface area contributed by atoms with Crippen LogP contribution in [0.15, 0.2) is 0 Å². The third-order valence-corrected chi connectivity index (χ3v) is 4.15. The number of hydrogen-bond donors (Lipinski definition) is 0. The lowest BCUT2D eigenvalue weighted by molar-refractivity contribution is 0.161. The zero-order chi connectivity index (χ0) is 9.19. The number of rotatable bonds is 1. The smallest absolute Gasteiger partial charge is 0.0300 e. The van der Waals surface area contributed by atoms with E-state index in [1.807, 2.05) is 0 Å². The molecule has 12 heavy (non-hydrogen) atoms. The van der Waals surface area contributed by atoms with Crippen molar-refractivity contribution < 1.29 is 0 Å². The molecule has 1 fully saturated rings. The summed E-state index contributed by atoms with van der Waals surface area (Å²) < 4.78 is 0. The first-order valence-electron chi connectivity index (χ1n) is 5.58. The Morgan fingerprint density at radius 2 is 1.92 bits per heavy atom. The molecule has 0 N–H and O–H groups in total. The molecule has 1 aliphatic rings. The second-order valence-electron chi connectivity index (χ2n) is 5.15. The highest BCUT2D eigenvalue weighted by atomic mass is 14.4. The average Bonchev–Trinajstić information content (AvgIpc) is 2.14. The van der Waals surface area contributed by atoms with Crippen molar-refractivity contribution in [3.05, 3.63) is 0 Å². The van der Waals surface area contributed by atoms with Gasteiger partial charge in [0.05, 0.1) is 0 Å². The molecule has 3 unspecified atom stereocenters. The molecular formula is C12H24. The summed E-state index contributed by atoms with van der Waals surface area (Å²) in [5.74, 6) is 1.90. The second-order valence-corrected chi connectivity index (χ2v) is 5.15. The second kappa shape index (κ2) is 3.81. The Balaban J connectivity index is 2.66. The molecule has 1 saturated carbocycles. The van der Waals surface area contributed by atoms with Gasteiger partial charge in [0.1, 0.15) is 0 Å². The van der Waals surface area contributed by atoms with Gasteiger partial charge in [-0.15, -0.1) is 0 Å². The lowest BCUT2D eigenvalue weighted by Gasteiger charge is -2.34. The zero-order valence-corrected chi connectivity index (χ0v) is 9.19. The van der Waals surface area contributed by atoms with Crippen LogP contribution in [0, 0.1) is 17.3 Å². The summed E-state index contributed by atoms with van der Waals surface area (Å²) in [6.45, 7) is 9.71. The Morgan fingerprint density at radius 1 is 1.25 bits per heavy atom. The van der Waals surface area contributed by atoms with Crippen LogP contribution in [0.3, 0.4) is 0 Å². The Kier molecular flexibility index (Phi) is 3.20. The molecule has 0 amide bonds. The van der Waals surface area contributed by atoms with Gasteiger partial charge in [0, 0.05) is 0 Å². The maximum absolute atomic E-state index is 2.49. The van der Waals surface area contributed by atoms with Crippen molar-refractivity contribution in [1.82, 2.24) is 0 Å². The van der Waals surface area contributed by atoms with Crippen molar-refractivity contribution in [2.45, 2.75) is 59.8 Å². The van der Waals surface area contributed by atoms with Crippen LogP contribution >= 0.6 is 0 Å². The molecular weight excluding hydrogens is 144 g/mol. The minimum absolute atomic E-state index is 0.635. The molecule has 0 aliphatic heterocycles. The van der Waals surface area contributed by atoms with Crippen LogP contribution in [0.2, 0.25) is 0 Å². The molecule has 72 valence electrons. The summed E-state index contributed by atoms with van der Waals surface area (Å²) >= 11 is 0. The summed E-state index contributed by atoms with van der Waals surface area (Å²) in [5, 5.41) is 0. The SMILES string of the molecule is CCC1(C)CC(C)CCCC1C. The fraction of sp³-hybridized carbons (Fsp3) is 1.00. The third kappa shape index (κ3) is 2.02. The Bertz CT molecular complexity index is 139. The van der Waals surface area contributed by atoms with Crippen molar-refractivity contribution in [1.29, 1.82) is 0 Å². The van der Waals surface area contributed by atoms with Crippen molar-refractivity contribution in [2.75, 3.05) is 0 Å². The van der Waals surface area contributed by atoms with Gasteiger partial charge in [-0.1, -0.05) is 53.4 Å². The molecule has 0 nitrogen and oxygen atoms in total. The fourth-order valence-corrected chi connectivity index (χ4v) is 2.71. The Labute approximate surface area is 77.7 Å². The van der Waals surface area contributed by atoms with Gasteiger partial charge in [-0.25, -0.2) is 0 Å². The van der Waals surface area contributed by atoms with E-state index in [2.05, 4.69) is 27.7 Å². The quantitative estimate of drug-likeness (QED) is 0.513. The van der Waals surface area contributed by atoms with E-state index >= 15 is 0 Å². The van der Waals surface area contributed by atoms with E-state index in [0.717, 1.165) is 11.8 Å². The van der Waals surface area contributed by atoms with E-state index < -0.39 is 0 Å². The summed E-state index contributed by atoms with van der Waals surface area (Å²) in [6, 6.07) is 0. The first kappa shape index (κ1) is 10.1. The largest absolute Gasteiger partial charge is 0.0649 e. The van der Waals surface area contributed by atoms with Crippen LogP contribution in [-0.4, -0.2) is 0 Å². The van der Waals surface area contributed by atoms with Crippen LogP contribution < -0.4 is 0 Å². The van der Waals surface area contributed by atoms with Crippen molar-refractivity contribution in [3.8, 4) is 0 Å². The van der Waals surface area contributed by atoms with Gasteiger partial charge >= 0.3 is 0 Å². The summed E-state index contributed by atoms with van der Waals surface area (Å²) in [4.78, 5) is 0. The molecule has 0 saturated heterocycles. The van der Waals surface area contributed by atoms with Crippen LogP contribution in [0.25, 0.3) is 0 Å². The fourth-order valence-electron chi connectivity index (χ4n) is 2.71. The predicted octanol–water partition coefficient (Wildman–Crippen LogP) is 4.25. The summed E-state index contributed by atoms with van der Waals surface area (Å²) in [6.07, 6.45) is 7.18. The van der Waals surface area contributed by atoms with E-state index in [9.17, 15) is 0 Å². The molecule has 0 bridgehead atoms. The third-order valence-electron chi connectivity index (χ3n) is 4.15. The van der Waals surface area contributed by atoms with E-state index in [0.29, 0.717) is 5.41 Å². The number of hydrogen-bond acceptors (Lipinski definition) is 0. The minimum Gasteiger partial charge on any atom is -0.0649 e. The van der Waals surface area contributed by atoms with E-state index in [1.54, 1.807) is 0 Å². The van der Waals surface area contributed by atoms with Gasteiger partial charge in [0.25, 0.3) is 0 Å². The lowest BCUT2D eigenvalue weighted by Crippen LogP contribution is -2.24. The molecule has 1 aliphatic carbocycles. The normalized spacial score (nSPS) is 44.0. The van der Waals surface area contributed by atoms with E-state index in [4.69, 9.17) is 0 Å². The highest BCUT2D eigenvalue weighted by molar-refractivity contribution is 4.83. The first-order chi connectivity index (χ1) is 5.58. The molecule has 0 radical (unpaired) electrons. The van der Waals surface area contributed by atoms with Gasteiger partial charge in [0.2, 0.25) is 0 Å². The molecule has 0 heterocycles.